The van der Waals surface area contributed by atoms with Crippen molar-refractivity contribution >= 4 is 27.2 Å². The first kappa shape index (κ1) is 12.5. The molecule has 0 bridgehead atoms. The molecule has 1 atom stereocenters. The van der Waals surface area contributed by atoms with E-state index in [1.165, 1.54) is 0 Å². The van der Waals surface area contributed by atoms with E-state index >= 15 is 0 Å². The summed E-state index contributed by atoms with van der Waals surface area (Å²) in [5.74, 6) is 0.386. The highest BCUT2D eigenvalue weighted by molar-refractivity contribution is 6.92. The molecule has 0 amide bonds. The van der Waals surface area contributed by atoms with Crippen molar-refractivity contribution in [2.45, 2.75) is 0 Å². The number of rotatable bonds is 2. The molecule has 0 fully saturated rings. The van der Waals surface area contributed by atoms with Gasteiger partial charge in [0, 0.05) is 10.9 Å². The van der Waals surface area contributed by atoms with Crippen LogP contribution in [0.15, 0.2) is 59.0 Å². The molecule has 1 aromatic heterocycles. The van der Waals surface area contributed by atoms with Gasteiger partial charge in [0.05, 0.1) is 0 Å². The first-order valence-corrected chi connectivity index (χ1v) is 5.42. The summed E-state index contributed by atoms with van der Waals surface area (Å²) in [6.07, 6.45) is 0.766. The van der Waals surface area contributed by atoms with Crippen molar-refractivity contribution in [3.63, 3.8) is 0 Å². The molecule has 2 nitrogen and oxygen atoms in total. The highest BCUT2D eigenvalue weighted by atomic mass is 31.0. The predicted octanol–water partition coefficient (Wildman–Crippen LogP) is 3.97. The van der Waals surface area contributed by atoms with Crippen LogP contribution in [0.4, 0.5) is 0 Å². The molecular formula is C15H13O2P. The third-order valence-corrected chi connectivity index (χ3v) is 2.79. The summed E-state index contributed by atoms with van der Waals surface area (Å²) >= 11 is 0. The Hall–Kier alpha value is -1.92. The van der Waals surface area contributed by atoms with Crippen LogP contribution >= 0.6 is 9.90 Å². The SMILES string of the molecule is O=Cc1oc2ccccc2c1-c1ccccc1.P. The molecule has 0 aliphatic heterocycles. The Balaban J connectivity index is 0.00000120. The van der Waals surface area contributed by atoms with Gasteiger partial charge in [0.15, 0.2) is 12.0 Å². The predicted molar refractivity (Wildman–Crippen MR) is 78.1 cm³/mol. The molecule has 18 heavy (non-hydrogen) atoms. The van der Waals surface area contributed by atoms with E-state index in [1.54, 1.807) is 0 Å². The molecule has 0 aliphatic carbocycles. The number of benzene rings is 2. The molecule has 2 aromatic carbocycles. The second-order valence-electron chi connectivity index (χ2n) is 3.82. The van der Waals surface area contributed by atoms with Gasteiger partial charge in [0.1, 0.15) is 5.58 Å². The van der Waals surface area contributed by atoms with Crippen molar-refractivity contribution in [2.24, 2.45) is 0 Å². The van der Waals surface area contributed by atoms with Crippen molar-refractivity contribution in [3.8, 4) is 11.1 Å². The fourth-order valence-corrected chi connectivity index (χ4v) is 2.05. The lowest BCUT2D eigenvalue weighted by atomic mass is 10.0. The van der Waals surface area contributed by atoms with Crippen LogP contribution in [0, 0.1) is 0 Å². The average molecular weight is 256 g/mol. The molecule has 0 saturated heterocycles. The van der Waals surface area contributed by atoms with Gasteiger partial charge in [-0.2, -0.15) is 9.90 Å². The van der Waals surface area contributed by atoms with Gasteiger partial charge in [-0.1, -0.05) is 48.5 Å². The van der Waals surface area contributed by atoms with Crippen LogP contribution in [0.1, 0.15) is 10.6 Å². The smallest absolute Gasteiger partial charge is 0.186 e. The van der Waals surface area contributed by atoms with Crippen molar-refractivity contribution in [1.82, 2.24) is 0 Å². The normalized spacial score (nSPS) is 10.0. The van der Waals surface area contributed by atoms with Crippen molar-refractivity contribution in [2.75, 3.05) is 0 Å². The fourth-order valence-electron chi connectivity index (χ4n) is 2.05. The Morgan fingerprint density at radius 1 is 0.889 bits per heavy atom. The van der Waals surface area contributed by atoms with Gasteiger partial charge in [-0.25, -0.2) is 0 Å². The lowest BCUT2D eigenvalue weighted by Gasteiger charge is -1.98. The van der Waals surface area contributed by atoms with E-state index in [9.17, 15) is 4.79 Å². The van der Waals surface area contributed by atoms with Crippen molar-refractivity contribution in [3.05, 3.63) is 60.4 Å². The lowest BCUT2D eigenvalue weighted by Crippen LogP contribution is -1.81. The molecule has 3 aromatic rings. The quantitative estimate of drug-likeness (QED) is 0.513. The number of hydrogen-bond acceptors (Lipinski definition) is 2. The summed E-state index contributed by atoms with van der Waals surface area (Å²) in [6.45, 7) is 0. The third kappa shape index (κ3) is 1.96. The number of hydrogen-bond donors (Lipinski definition) is 0. The van der Waals surface area contributed by atoms with Gasteiger partial charge in [-0.15, -0.1) is 0 Å². The van der Waals surface area contributed by atoms with Crippen LogP contribution in [-0.4, -0.2) is 6.29 Å². The van der Waals surface area contributed by atoms with Gasteiger partial charge >= 0.3 is 0 Å². The third-order valence-electron chi connectivity index (χ3n) is 2.79. The average Bonchev–Trinajstić information content (AvgIpc) is 2.78. The van der Waals surface area contributed by atoms with E-state index in [2.05, 4.69) is 0 Å². The molecule has 1 heterocycles. The highest BCUT2D eigenvalue weighted by Crippen LogP contribution is 2.33. The maximum absolute atomic E-state index is 11.1. The van der Waals surface area contributed by atoms with Gasteiger partial charge in [-0.3, -0.25) is 4.79 Å². The molecule has 0 N–H and O–H groups in total. The second-order valence-corrected chi connectivity index (χ2v) is 3.82. The minimum Gasteiger partial charge on any atom is -0.453 e. The summed E-state index contributed by atoms with van der Waals surface area (Å²) in [5.41, 5.74) is 2.62. The van der Waals surface area contributed by atoms with Crippen molar-refractivity contribution in [1.29, 1.82) is 0 Å². The molecule has 0 spiro atoms. The molecule has 0 saturated carbocycles. The minimum atomic E-state index is 0. The van der Waals surface area contributed by atoms with Gasteiger partial charge in [-0.05, 0) is 11.6 Å². The number of aldehydes is 1. The number of furan rings is 1. The van der Waals surface area contributed by atoms with Gasteiger partial charge in [0.25, 0.3) is 0 Å². The Kier molecular flexibility index (Phi) is 3.59. The van der Waals surface area contributed by atoms with E-state index in [4.69, 9.17) is 4.42 Å². The molecule has 1 unspecified atom stereocenters. The Morgan fingerprint density at radius 2 is 1.56 bits per heavy atom. The summed E-state index contributed by atoms with van der Waals surface area (Å²) in [5, 5.41) is 0.973. The summed E-state index contributed by atoms with van der Waals surface area (Å²) in [4.78, 5) is 11.1. The maximum atomic E-state index is 11.1. The summed E-state index contributed by atoms with van der Waals surface area (Å²) < 4.78 is 5.53. The molecule has 0 radical (unpaired) electrons. The summed E-state index contributed by atoms with van der Waals surface area (Å²) in [7, 11) is 0. The van der Waals surface area contributed by atoms with Gasteiger partial charge in [0.2, 0.25) is 0 Å². The zero-order valence-corrected chi connectivity index (χ0v) is 11.2. The minimum absolute atomic E-state index is 0. The molecule has 3 rings (SSSR count). The van der Waals surface area contributed by atoms with E-state index in [-0.39, 0.29) is 9.90 Å². The van der Waals surface area contributed by atoms with Crippen LogP contribution in [0.2, 0.25) is 0 Å². The number of carbonyl (C=O) groups is 1. The Morgan fingerprint density at radius 3 is 2.28 bits per heavy atom. The largest absolute Gasteiger partial charge is 0.453 e. The molecule has 3 heteroatoms. The zero-order valence-electron chi connectivity index (χ0n) is 9.80. The monoisotopic (exact) mass is 256 g/mol. The van der Waals surface area contributed by atoms with Crippen LogP contribution < -0.4 is 0 Å². The van der Waals surface area contributed by atoms with Crippen LogP contribution in [0.25, 0.3) is 22.1 Å². The lowest BCUT2D eigenvalue weighted by molar-refractivity contribution is 0.110. The Bertz CT molecular complexity index is 671. The number of fused-ring (bicyclic) bond motifs is 1. The molecular weight excluding hydrogens is 243 g/mol. The molecule has 90 valence electrons. The van der Waals surface area contributed by atoms with E-state index < -0.39 is 0 Å². The zero-order chi connectivity index (χ0) is 11.7. The summed E-state index contributed by atoms with van der Waals surface area (Å²) in [6, 6.07) is 17.5. The number of carbonyl (C=O) groups excluding carboxylic acids is 1. The second kappa shape index (κ2) is 5.16. The van der Waals surface area contributed by atoms with Crippen LogP contribution in [0.3, 0.4) is 0 Å². The first-order chi connectivity index (χ1) is 8.40. The standard InChI is InChI=1S/C15H10O2.H3P/c16-10-14-15(11-6-2-1-3-7-11)12-8-4-5-9-13(12)17-14;/h1-10H;1H3. The van der Waals surface area contributed by atoms with E-state index in [0.29, 0.717) is 5.76 Å². The molecule has 0 aliphatic rings. The van der Waals surface area contributed by atoms with Crippen LogP contribution in [0.5, 0.6) is 0 Å². The topological polar surface area (TPSA) is 30.2 Å². The fraction of sp³-hybridized carbons (Fsp3) is 0. The maximum Gasteiger partial charge on any atom is 0.186 e. The van der Waals surface area contributed by atoms with Gasteiger partial charge < -0.3 is 4.42 Å². The van der Waals surface area contributed by atoms with E-state index in [0.717, 1.165) is 28.4 Å². The number of para-hydroxylation sites is 1. The highest BCUT2D eigenvalue weighted by Gasteiger charge is 2.14. The van der Waals surface area contributed by atoms with E-state index in [1.807, 2.05) is 54.6 Å². The first-order valence-electron chi connectivity index (χ1n) is 5.42. The van der Waals surface area contributed by atoms with Crippen LogP contribution in [-0.2, 0) is 0 Å². The van der Waals surface area contributed by atoms with Crippen molar-refractivity contribution < 1.29 is 9.21 Å². The Labute approximate surface area is 108 Å².